The number of rotatable bonds is 17. The lowest BCUT2D eigenvalue weighted by molar-refractivity contribution is -0.132. The van der Waals surface area contributed by atoms with E-state index in [9.17, 15) is 9.59 Å². The fourth-order valence-corrected chi connectivity index (χ4v) is 8.51. The Balaban J connectivity index is 0.952. The summed E-state index contributed by atoms with van der Waals surface area (Å²) in [4.78, 5) is 35.7. The fourth-order valence-electron chi connectivity index (χ4n) is 7.87. The topological polar surface area (TPSA) is 71.2 Å². The number of nitrogens with one attached hydrogen (secondary N) is 2. The summed E-state index contributed by atoms with van der Waals surface area (Å²) in [5.41, 5.74) is 3.95. The third-order valence-electron chi connectivity index (χ3n) is 11.2. The van der Waals surface area contributed by atoms with Crippen molar-refractivity contribution in [3.8, 4) is 0 Å². The molecule has 4 aromatic carbocycles. The second-order valence-corrected chi connectivity index (χ2v) is 16.7. The molecule has 2 amide bonds. The predicted molar refractivity (Wildman–Crippen MR) is 230 cm³/mol. The average molecular weight is 839 g/mol. The molecule has 2 fully saturated rings. The largest absolute Gasteiger partial charge is 0.337 e. The van der Waals surface area contributed by atoms with Crippen molar-refractivity contribution in [2.24, 2.45) is 0 Å². The van der Waals surface area contributed by atoms with Crippen LogP contribution in [0.1, 0.15) is 47.2 Å². The van der Waals surface area contributed by atoms with Gasteiger partial charge in [0.2, 0.25) is 11.8 Å². The van der Waals surface area contributed by atoms with Gasteiger partial charge in [-0.05, 0) is 72.5 Å². The molecular formula is C44H52Cl4N6O2. The Kier molecular flexibility index (Phi) is 15.5. The van der Waals surface area contributed by atoms with Crippen LogP contribution in [0.5, 0.6) is 0 Å². The number of hydrogen-bond donors (Lipinski definition) is 2. The van der Waals surface area contributed by atoms with E-state index in [0.29, 0.717) is 32.2 Å². The van der Waals surface area contributed by atoms with E-state index >= 15 is 0 Å². The monoisotopic (exact) mass is 836 g/mol. The summed E-state index contributed by atoms with van der Waals surface area (Å²) in [6, 6.07) is 32.0. The lowest BCUT2D eigenvalue weighted by atomic mass is 10.0. The number of likely N-dealkylation sites (N-methyl/N-ethyl adjacent to an activating group) is 2. The number of nitrogens with zero attached hydrogens (tertiary/aromatic N) is 4. The highest BCUT2D eigenvalue weighted by Gasteiger charge is 2.31. The minimum atomic E-state index is -0.0702. The molecule has 0 bridgehead atoms. The Morgan fingerprint density at radius 2 is 1.00 bits per heavy atom. The summed E-state index contributed by atoms with van der Waals surface area (Å²) in [7, 11) is 3.80. The van der Waals surface area contributed by atoms with Crippen molar-refractivity contribution in [3.63, 3.8) is 0 Å². The molecule has 0 saturated carbocycles. The summed E-state index contributed by atoms with van der Waals surface area (Å²) < 4.78 is 0. The molecule has 6 rings (SSSR count). The zero-order chi connectivity index (χ0) is 39.6. The molecule has 1 unspecified atom stereocenters. The number of hydrogen-bond acceptors (Lipinski definition) is 6. The maximum atomic E-state index is 13.5. The highest BCUT2D eigenvalue weighted by Crippen LogP contribution is 2.28. The third-order valence-corrected chi connectivity index (χ3v) is 12.6. The number of carbonyl (C=O) groups excluding carboxylic acids is 2. The van der Waals surface area contributed by atoms with Gasteiger partial charge in [-0.25, -0.2) is 0 Å². The standard InChI is InChI=1S/C44H52Cl4N6O2/c1-51(43(55)25-31-13-15-37(45)39(47)23-31)41(33-9-5-3-6-10-33)29-53-21-17-35(27-53)49-19-20-50-36-18-22-54(28-36)30-42(34-11-7-4-8-12-34)52(2)44(56)26-32-14-16-38(46)40(48)24-32/h3-16,23-24,35-36,41-42,49-50H,17-22,25-30H2,1-2H3/t35-,36?,41+,42+/m0/s1. The van der Waals surface area contributed by atoms with Crippen LogP contribution in [-0.4, -0.2) is 110 Å². The molecule has 0 aliphatic carbocycles. The highest BCUT2D eigenvalue weighted by molar-refractivity contribution is 6.42. The minimum Gasteiger partial charge on any atom is -0.337 e. The van der Waals surface area contributed by atoms with Gasteiger partial charge in [0.05, 0.1) is 45.0 Å². The second kappa shape index (κ2) is 20.5. The lowest BCUT2D eigenvalue weighted by Gasteiger charge is -2.32. The maximum absolute atomic E-state index is 13.5. The Morgan fingerprint density at radius 3 is 1.38 bits per heavy atom. The van der Waals surface area contributed by atoms with Gasteiger partial charge in [0.1, 0.15) is 0 Å². The van der Waals surface area contributed by atoms with Gasteiger partial charge >= 0.3 is 0 Å². The van der Waals surface area contributed by atoms with Crippen molar-refractivity contribution in [3.05, 3.63) is 139 Å². The molecule has 2 saturated heterocycles. The molecule has 4 aromatic rings. The van der Waals surface area contributed by atoms with Crippen LogP contribution in [0.4, 0.5) is 0 Å². The van der Waals surface area contributed by atoms with Crippen molar-refractivity contribution in [1.82, 2.24) is 30.2 Å². The van der Waals surface area contributed by atoms with Crippen LogP contribution < -0.4 is 10.6 Å². The first-order chi connectivity index (χ1) is 27.0. The number of halogens is 4. The zero-order valence-electron chi connectivity index (χ0n) is 32.1. The van der Waals surface area contributed by atoms with Gasteiger partial charge in [-0.15, -0.1) is 0 Å². The van der Waals surface area contributed by atoms with Crippen molar-refractivity contribution in [1.29, 1.82) is 0 Å². The molecule has 2 N–H and O–H groups in total. The molecule has 0 spiro atoms. The average Bonchev–Trinajstić information content (AvgIpc) is 3.86. The van der Waals surface area contributed by atoms with Crippen LogP contribution in [0, 0.1) is 0 Å². The highest BCUT2D eigenvalue weighted by atomic mass is 35.5. The first-order valence-corrected chi connectivity index (χ1v) is 21.0. The molecule has 2 heterocycles. The minimum absolute atomic E-state index is 0.0404. The quantitative estimate of drug-likeness (QED) is 0.106. The molecule has 12 heteroatoms. The van der Waals surface area contributed by atoms with E-state index in [1.165, 1.54) is 0 Å². The van der Waals surface area contributed by atoms with Crippen molar-refractivity contribution in [2.75, 3.05) is 66.5 Å². The van der Waals surface area contributed by atoms with Gasteiger partial charge < -0.3 is 20.4 Å². The van der Waals surface area contributed by atoms with Crippen LogP contribution in [0.25, 0.3) is 0 Å². The summed E-state index contributed by atoms with van der Waals surface area (Å²) in [6.45, 7) is 7.14. The van der Waals surface area contributed by atoms with Crippen molar-refractivity contribution in [2.45, 2.75) is 49.9 Å². The molecule has 0 radical (unpaired) electrons. The van der Waals surface area contributed by atoms with E-state index in [1.807, 2.05) is 72.4 Å². The van der Waals surface area contributed by atoms with Gasteiger partial charge in [-0.1, -0.05) is 119 Å². The number of benzene rings is 4. The first kappa shape index (κ1) is 42.4. The van der Waals surface area contributed by atoms with Gasteiger partial charge in [-0.3, -0.25) is 19.4 Å². The number of amides is 2. The van der Waals surface area contributed by atoms with Crippen LogP contribution >= 0.6 is 46.4 Å². The molecular weight excluding hydrogens is 786 g/mol. The van der Waals surface area contributed by atoms with E-state index in [1.54, 1.807) is 24.3 Å². The van der Waals surface area contributed by atoms with Crippen LogP contribution in [0.3, 0.4) is 0 Å². The zero-order valence-corrected chi connectivity index (χ0v) is 35.2. The normalized spacial score (nSPS) is 18.5. The van der Waals surface area contributed by atoms with E-state index < -0.39 is 0 Å². The van der Waals surface area contributed by atoms with E-state index in [4.69, 9.17) is 46.4 Å². The fraction of sp³-hybridized carbons (Fsp3) is 0.409. The van der Waals surface area contributed by atoms with Crippen molar-refractivity contribution >= 4 is 58.2 Å². The van der Waals surface area contributed by atoms with E-state index in [0.717, 1.165) is 87.5 Å². The van der Waals surface area contributed by atoms with Gasteiger partial charge in [0.15, 0.2) is 0 Å². The SMILES string of the molecule is CN(C(=O)Cc1ccc(Cl)c(Cl)c1)[C@H](CN1CCC(NCCN[C@H]2CCN(C[C@H](c3ccccc3)N(C)C(=O)Cc3ccc(Cl)c(Cl)c3)C2)C1)c1ccccc1. The molecule has 2 aliphatic heterocycles. The Bertz CT molecular complexity index is 1770. The molecule has 4 atom stereocenters. The Hall–Kier alpha value is -3.18. The van der Waals surface area contributed by atoms with Gasteiger partial charge in [0, 0.05) is 65.4 Å². The summed E-state index contributed by atoms with van der Waals surface area (Å²) in [5, 5.41) is 9.44. The maximum Gasteiger partial charge on any atom is 0.227 e. The predicted octanol–water partition coefficient (Wildman–Crippen LogP) is 7.81. The lowest BCUT2D eigenvalue weighted by Crippen LogP contribution is -2.43. The first-order valence-electron chi connectivity index (χ1n) is 19.4. The summed E-state index contributed by atoms with van der Waals surface area (Å²) in [5.74, 6) is 0.0809. The molecule has 0 aromatic heterocycles. The van der Waals surface area contributed by atoms with Crippen LogP contribution in [0.15, 0.2) is 97.1 Å². The van der Waals surface area contributed by atoms with Crippen LogP contribution in [0.2, 0.25) is 20.1 Å². The number of likely N-dealkylation sites (tertiary alicyclic amines) is 2. The molecule has 298 valence electrons. The van der Waals surface area contributed by atoms with Gasteiger partial charge in [-0.2, -0.15) is 0 Å². The van der Waals surface area contributed by atoms with E-state index in [-0.39, 0.29) is 36.7 Å². The van der Waals surface area contributed by atoms with Gasteiger partial charge in [0.25, 0.3) is 0 Å². The summed E-state index contributed by atoms with van der Waals surface area (Å²) >= 11 is 24.7. The Morgan fingerprint density at radius 1 is 0.607 bits per heavy atom. The molecule has 2 aliphatic rings. The van der Waals surface area contributed by atoms with E-state index in [2.05, 4.69) is 44.7 Å². The third kappa shape index (κ3) is 11.7. The second-order valence-electron chi connectivity index (χ2n) is 15.1. The molecule has 56 heavy (non-hydrogen) atoms. The Labute approximate surface area is 352 Å². The smallest absolute Gasteiger partial charge is 0.227 e. The van der Waals surface area contributed by atoms with Crippen molar-refractivity contribution < 1.29 is 9.59 Å². The number of carbonyl (C=O) groups is 2. The van der Waals surface area contributed by atoms with Crippen LogP contribution in [-0.2, 0) is 22.4 Å². The molecule has 8 nitrogen and oxygen atoms in total. The summed E-state index contributed by atoms with van der Waals surface area (Å²) in [6.07, 6.45) is 2.66.